The summed E-state index contributed by atoms with van der Waals surface area (Å²) >= 11 is 5.84. The van der Waals surface area contributed by atoms with Crippen molar-refractivity contribution >= 4 is 40.0 Å². The van der Waals surface area contributed by atoms with Gasteiger partial charge < -0.3 is 10.1 Å². The van der Waals surface area contributed by atoms with Gasteiger partial charge in [0.2, 0.25) is 0 Å². The molecule has 2 N–H and O–H groups in total. The zero-order valence-corrected chi connectivity index (χ0v) is 16.8. The van der Waals surface area contributed by atoms with E-state index in [0.717, 1.165) is 16.8 Å². The highest BCUT2D eigenvalue weighted by atomic mass is 35.5. The summed E-state index contributed by atoms with van der Waals surface area (Å²) in [6.07, 6.45) is 0. The Balaban J connectivity index is 1.41. The molecule has 0 saturated carbocycles. The second-order valence-corrected chi connectivity index (χ2v) is 7.02. The van der Waals surface area contributed by atoms with Gasteiger partial charge in [0.05, 0.1) is 10.6 Å². The number of halogens is 2. The molecule has 4 rings (SSSR count). The van der Waals surface area contributed by atoms with Crippen molar-refractivity contribution in [3.63, 3.8) is 0 Å². The Morgan fingerprint density at radius 2 is 1.55 bits per heavy atom. The molecule has 7 heteroatoms. The van der Waals surface area contributed by atoms with E-state index < -0.39 is 23.3 Å². The average molecular weight is 435 g/mol. The molecule has 4 aromatic rings. The molecule has 3 amide bonds. The number of carbonyl (C=O) groups is 2. The van der Waals surface area contributed by atoms with E-state index in [-0.39, 0.29) is 5.02 Å². The van der Waals surface area contributed by atoms with Crippen molar-refractivity contribution in [3.8, 4) is 11.5 Å². The number of fused-ring (bicyclic) bond motifs is 1. The minimum atomic E-state index is -0.934. The first-order valence-electron chi connectivity index (χ1n) is 9.33. The van der Waals surface area contributed by atoms with E-state index in [0.29, 0.717) is 17.2 Å². The largest absolute Gasteiger partial charge is 0.457 e. The van der Waals surface area contributed by atoms with Crippen molar-refractivity contribution in [1.82, 2.24) is 5.32 Å². The van der Waals surface area contributed by atoms with Crippen molar-refractivity contribution < 1.29 is 18.7 Å². The predicted molar refractivity (Wildman–Crippen MR) is 118 cm³/mol. The fraction of sp³-hybridized carbons (Fsp3) is 0. The lowest BCUT2D eigenvalue weighted by atomic mass is 10.1. The summed E-state index contributed by atoms with van der Waals surface area (Å²) in [5.41, 5.74) is 0.0355. The highest BCUT2D eigenvalue weighted by Gasteiger charge is 2.18. The summed E-state index contributed by atoms with van der Waals surface area (Å²) < 4.78 is 19.8. The first kappa shape index (κ1) is 20.4. The van der Waals surface area contributed by atoms with Gasteiger partial charge in [-0.25, -0.2) is 9.18 Å². The molecular weight excluding hydrogens is 419 g/mol. The third kappa shape index (κ3) is 4.65. The second-order valence-electron chi connectivity index (χ2n) is 6.61. The third-order valence-electron chi connectivity index (χ3n) is 4.51. The highest BCUT2D eigenvalue weighted by molar-refractivity contribution is 6.34. The Bertz CT molecular complexity index is 1250. The Morgan fingerprint density at radius 3 is 2.32 bits per heavy atom. The van der Waals surface area contributed by atoms with Crippen molar-refractivity contribution in [3.05, 3.63) is 101 Å². The number of rotatable bonds is 4. The summed E-state index contributed by atoms with van der Waals surface area (Å²) in [4.78, 5) is 24.2. The molecular formula is C24H16ClFN2O3. The summed E-state index contributed by atoms with van der Waals surface area (Å²) in [7, 11) is 0. The number of anilines is 1. The van der Waals surface area contributed by atoms with Crippen LogP contribution in [0.1, 0.15) is 10.4 Å². The molecule has 4 aromatic carbocycles. The number of carbonyl (C=O) groups excluding carboxylic acids is 2. The van der Waals surface area contributed by atoms with Gasteiger partial charge in [0, 0.05) is 11.1 Å². The molecule has 0 saturated heterocycles. The van der Waals surface area contributed by atoms with Crippen molar-refractivity contribution in [2.24, 2.45) is 0 Å². The van der Waals surface area contributed by atoms with E-state index in [2.05, 4.69) is 10.6 Å². The lowest BCUT2D eigenvalue weighted by Gasteiger charge is -2.11. The molecule has 5 nitrogen and oxygen atoms in total. The predicted octanol–water partition coefficient (Wildman–Crippen LogP) is 6.39. The summed E-state index contributed by atoms with van der Waals surface area (Å²) in [6, 6.07) is 23.3. The SMILES string of the molecule is O=C(NC(=O)c1c(F)cccc1Cl)Nc1ccc(Oc2cccc3ccccc23)cc1. The van der Waals surface area contributed by atoms with Gasteiger partial charge in [-0.1, -0.05) is 54.1 Å². The number of amides is 3. The van der Waals surface area contributed by atoms with Gasteiger partial charge >= 0.3 is 6.03 Å². The minimum absolute atomic E-state index is 0.0831. The van der Waals surface area contributed by atoms with Crippen LogP contribution in [0.4, 0.5) is 14.9 Å². The molecule has 0 aliphatic rings. The van der Waals surface area contributed by atoms with Crippen LogP contribution in [-0.4, -0.2) is 11.9 Å². The number of benzene rings is 4. The summed E-state index contributed by atoms with van der Waals surface area (Å²) in [5, 5.41) is 6.53. The minimum Gasteiger partial charge on any atom is -0.457 e. The van der Waals surface area contributed by atoms with E-state index in [9.17, 15) is 14.0 Å². The summed E-state index contributed by atoms with van der Waals surface area (Å²) in [6.45, 7) is 0. The average Bonchev–Trinajstić information content (AvgIpc) is 2.75. The number of nitrogens with one attached hydrogen (secondary N) is 2. The molecule has 31 heavy (non-hydrogen) atoms. The fourth-order valence-corrected chi connectivity index (χ4v) is 3.31. The Labute approximate surface area is 182 Å². The lowest BCUT2D eigenvalue weighted by molar-refractivity contribution is 0.0963. The van der Waals surface area contributed by atoms with Crippen LogP contribution in [0, 0.1) is 5.82 Å². The standard InChI is InChI=1S/C24H16ClFN2O3/c25-19-8-4-9-20(26)22(19)23(29)28-24(30)27-16-11-13-17(14-12-16)31-21-10-3-6-15-5-1-2-7-18(15)21/h1-14H,(H2,27,28,29,30). The second kappa shape index (κ2) is 8.85. The van der Waals surface area contributed by atoms with Gasteiger partial charge in [0.1, 0.15) is 17.3 Å². The molecule has 154 valence electrons. The van der Waals surface area contributed by atoms with E-state index in [1.54, 1.807) is 24.3 Å². The molecule has 0 aliphatic carbocycles. The molecule has 0 aromatic heterocycles. The van der Waals surface area contributed by atoms with Gasteiger partial charge in [-0.2, -0.15) is 0 Å². The van der Waals surface area contributed by atoms with Crippen molar-refractivity contribution in [2.45, 2.75) is 0 Å². The molecule has 0 aliphatic heterocycles. The van der Waals surface area contributed by atoms with Gasteiger partial charge in [-0.3, -0.25) is 10.1 Å². The molecule has 0 atom stereocenters. The maximum absolute atomic E-state index is 13.8. The molecule has 0 unspecified atom stereocenters. The number of hydrogen-bond acceptors (Lipinski definition) is 3. The zero-order valence-electron chi connectivity index (χ0n) is 16.1. The fourth-order valence-electron chi connectivity index (χ4n) is 3.06. The van der Waals surface area contributed by atoms with Crippen molar-refractivity contribution in [2.75, 3.05) is 5.32 Å². The van der Waals surface area contributed by atoms with E-state index in [1.165, 1.54) is 12.1 Å². The number of imide groups is 1. The first-order valence-corrected chi connectivity index (χ1v) is 9.71. The lowest BCUT2D eigenvalue weighted by Crippen LogP contribution is -2.35. The topological polar surface area (TPSA) is 67.4 Å². The molecule has 0 fully saturated rings. The maximum atomic E-state index is 13.8. The van der Waals surface area contributed by atoms with Crippen LogP contribution in [0.3, 0.4) is 0 Å². The van der Waals surface area contributed by atoms with Crippen LogP contribution < -0.4 is 15.4 Å². The van der Waals surface area contributed by atoms with Crippen molar-refractivity contribution in [1.29, 1.82) is 0 Å². The van der Waals surface area contributed by atoms with Crippen LogP contribution in [-0.2, 0) is 0 Å². The third-order valence-corrected chi connectivity index (χ3v) is 4.82. The summed E-state index contributed by atoms with van der Waals surface area (Å²) in [5.74, 6) is -0.454. The van der Waals surface area contributed by atoms with Crippen LogP contribution in [0.25, 0.3) is 10.8 Å². The van der Waals surface area contributed by atoms with Crippen LogP contribution in [0.2, 0.25) is 5.02 Å². The maximum Gasteiger partial charge on any atom is 0.326 e. The molecule has 0 heterocycles. The smallest absolute Gasteiger partial charge is 0.326 e. The molecule has 0 bridgehead atoms. The zero-order chi connectivity index (χ0) is 21.8. The number of ether oxygens (including phenoxy) is 1. The molecule has 0 spiro atoms. The van der Waals surface area contributed by atoms with Crippen LogP contribution in [0.5, 0.6) is 11.5 Å². The first-order chi connectivity index (χ1) is 15.0. The Hall–Kier alpha value is -3.90. The molecule has 0 radical (unpaired) electrons. The Kier molecular flexibility index (Phi) is 5.82. The van der Waals surface area contributed by atoms with E-state index in [1.807, 2.05) is 42.5 Å². The van der Waals surface area contributed by atoms with Crippen LogP contribution >= 0.6 is 11.6 Å². The van der Waals surface area contributed by atoms with E-state index >= 15 is 0 Å². The van der Waals surface area contributed by atoms with Gasteiger partial charge in [0.15, 0.2) is 0 Å². The highest BCUT2D eigenvalue weighted by Crippen LogP contribution is 2.30. The van der Waals surface area contributed by atoms with Gasteiger partial charge in [0.25, 0.3) is 5.91 Å². The monoisotopic (exact) mass is 434 g/mol. The normalized spacial score (nSPS) is 10.5. The van der Waals surface area contributed by atoms with Gasteiger partial charge in [-0.05, 0) is 47.9 Å². The quantitative estimate of drug-likeness (QED) is 0.391. The van der Waals surface area contributed by atoms with E-state index in [4.69, 9.17) is 16.3 Å². The number of urea groups is 1. The van der Waals surface area contributed by atoms with Crippen LogP contribution in [0.15, 0.2) is 84.9 Å². The van der Waals surface area contributed by atoms with Gasteiger partial charge in [-0.15, -0.1) is 0 Å². The number of hydrogen-bond donors (Lipinski definition) is 2. The Morgan fingerprint density at radius 1 is 0.839 bits per heavy atom.